The summed E-state index contributed by atoms with van der Waals surface area (Å²) >= 11 is 0. The number of hydrazone groups is 1. The molecule has 1 fully saturated rings. The van der Waals surface area contributed by atoms with Crippen molar-refractivity contribution in [2.45, 2.75) is 24.7 Å². The minimum absolute atomic E-state index is 0.0795. The SMILES string of the molecule is Cc1ccc(/C=N/Nc2ccc(S(=O)(=O)N3CCCC3)cc2[N+](=O)[O-])cc1. The molecule has 1 heterocycles. The summed E-state index contributed by atoms with van der Waals surface area (Å²) in [7, 11) is -3.72. The van der Waals surface area contributed by atoms with Crippen molar-refractivity contribution in [2.75, 3.05) is 18.5 Å². The Labute approximate surface area is 157 Å². The van der Waals surface area contributed by atoms with Crippen LogP contribution in [0, 0.1) is 17.0 Å². The van der Waals surface area contributed by atoms with Crippen LogP contribution in [0.1, 0.15) is 24.0 Å². The Morgan fingerprint density at radius 3 is 2.44 bits per heavy atom. The molecule has 9 heteroatoms. The van der Waals surface area contributed by atoms with E-state index in [1.165, 1.54) is 22.7 Å². The quantitative estimate of drug-likeness (QED) is 0.465. The molecule has 1 aliphatic rings. The second-order valence-electron chi connectivity index (χ2n) is 6.33. The van der Waals surface area contributed by atoms with Crippen molar-refractivity contribution in [1.29, 1.82) is 0 Å². The Bertz CT molecular complexity index is 965. The zero-order valence-corrected chi connectivity index (χ0v) is 15.6. The van der Waals surface area contributed by atoms with Gasteiger partial charge in [0.2, 0.25) is 10.0 Å². The minimum atomic E-state index is -3.72. The van der Waals surface area contributed by atoms with Gasteiger partial charge in [0, 0.05) is 19.2 Å². The Hall–Kier alpha value is -2.78. The fourth-order valence-electron chi connectivity index (χ4n) is 2.82. The summed E-state index contributed by atoms with van der Waals surface area (Å²) in [5.74, 6) is 0. The lowest BCUT2D eigenvalue weighted by Crippen LogP contribution is -2.27. The van der Waals surface area contributed by atoms with Gasteiger partial charge in [-0.05, 0) is 37.5 Å². The third-order valence-electron chi connectivity index (χ3n) is 4.34. The smallest absolute Gasteiger partial charge is 0.272 e. The number of hydrogen-bond acceptors (Lipinski definition) is 6. The van der Waals surface area contributed by atoms with Gasteiger partial charge in [0.05, 0.1) is 16.0 Å². The van der Waals surface area contributed by atoms with E-state index in [0.717, 1.165) is 30.0 Å². The van der Waals surface area contributed by atoms with E-state index < -0.39 is 14.9 Å². The van der Waals surface area contributed by atoms with Crippen LogP contribution in [0.5, 0.6) is 0 Å². The summed E-state index contributed by atoms with van der Waals surface area (Å²) in [4.78, 5) is 10.7. The number of nitrogens with zero attached hydrogens (tertiary/aromatic N) is 3. The average Bonchev–Trinajstić information content (AvgIpc) is 3.19. The van der Waals surface area contributed by atoms with Crippen molar-refractivity contribution < 1.29 is 13.3 Å². The van der Waals surface area contributed by atoms with Gasteiger partial charge in [-0.2, -0.15) is 9.41 Å². The molecular formula is C18H20N4O4S. The number of nitrogens with one attached hydrogen (secondary N) is 1. The molecule has 0 atom stereocenters. The summed E-state index contributed by atoms with van der Waals surface area (Å²) in [6.07, 6.45) is 3.14. The predicted octanol–water partition coefficient (Wildman–Crippen LogP) is 3.13. The molecule has 0 saturated carbocycles. The summed E-state index contributed by atoms with van der Waals surface area (Å²) in [6.45, 7) is 2.86. The third kappa shape index (κ3) is 4.32. The van der Waals surface area contributed by atoms with Crippen molar-refractivity contribution in [3.63, 3.8) is 0 Å². The van der Waals surface area contributed by atoms with E-state index >= 15 is 0 Å². The summed E-state index contributed by atoms with van der Waals surface area (Å²) in [5, 5.41) is 15.4. The monoisotopic (exact) mass is 388 g/mol. The van der Waals surface area contributed by atoms with Crippen molar-refractivity contribution in [3.8, 4) is 0 Å². The van der Waals surface area contributed by atoms with Crippen LogP contribution in [0.4, 0.5) is 11.4 Å². The molecule has 0 unspecified atom stereocenters. The molecule has 27 heavy (non-hydrogen) atoms. The number of aryl methyl sites for hydroxylation is 1. The molecule has 0 radical (unpaired) electrons. The van der Waals surface area contributed by atoms with Gasteiger partial charge >= 0.3 is 0 Å². The van der Waals surface area contributed by atoms with Crippen LogP contribution in [0.15, 0.2) is 52.5 Å². The van der Waals surface area contributed by atoms with E-state index in [9.17, 15) is 18.5 Å². The van der Waals surface area contributed by atoms with Crippen molar-refractivity contribution in [2.24, 2.45) is 5.10 Å². The maximum absolute atomic E-state index is 12.6. The summed E-state index contributed by atoms with van der Waals surface area (Å²) in [5.41, 5.74) is 4.37. The van der Waals surface area contributed by atoms with Gasteiger partial charge in [0.1, 0.15) is 5.69 Å². The van der Waals surface area contributed by atoms with Crippen LogP contribution >= 0.6 is 0 Å². The number of benzene rings is 2. The van der Waals surface area contributed by atoms with Crippen LogP contribution in [0.25, 0.3) is 0 Å². The molecule has 3 rings (SSSR count). The first-order chi connectivity index (χ1) is 12.9. The first-order valence-corrected chi connectivity index (χ1v) is 9.96. The molecule has 2 aromatic carbocycles. The standard InChI is InChI=1S/C18H20N4O4S/c1-14-4-6-15(7-5-14)13-19-20-17-9-8-16(12-18(17)22(23)24)27(25,26)21-10-2-3-11-21/h4-9,12-13,20H,2-3,10-11H2,1H3/b19-13+. The molecule has 2 aromatic rings. The van der Waals surface area contributed by atoms with Gasteiger partial charge in [-0.15, -0.1) is 0 Å². The highest BCUT2D eigenvalue weighted by Gasteiger charge is 2.29. The van der Waals surface area contributed by atoms with Gasteiger partial charge in [-0.1, -0.05) is 29.8 Å². The number of nitro groups is 1. The highest BCUT2D eigenvalue weighted by atomic mass is 32.2. The summed E-state index contributed by atoms with van der Waals surface area (Å²) < 4.78 is 26.6. The first kappa shape index (κ1) is 19.0. The minimum Gasteiger partial charge on any atom is -0.272 e. The predicted molar refractivity (Wildman–Crippen MR) is 103 cm³/mol. The Balaban J connectivity index is 1.83. The van der Waals surface area contributed by atoms with E-state index in [2.05, 4.69) is 10.5 Å². The number of hydrogen-bond donors (Lipinski definition) is 1. The summed E-state index contributed by atoms with van der Waals surface area (Å²) in [6, 6.07) is 11.4. The third-order valence-corrected chi connectivity index (χ3v) is 6.24. The lowest BCUT2D eigenvalue weighted by Gasteiger charge is -2.15. The van der Waals surface area contributed by atoms with E-state index in [-0.39, 0.29) is 16.3 Å². The molecule has 142 valence electrons. The van der Waals surface area contributed by atoms with Crippen LogP contribution in [0.2, 0.25) is 0 Å². The number of sulfonamides is 1. The molecule has 1 aliphatic heterocycles. The molecule has 1 N–H and O–H groups in total. The normalized spacial score (nSPS) is 15.3. The number of anilines is 1. The molecule has 0 amide bonds. The molecular weight excluding hydrogens is 368 g/mol. The van der Waals surface area contributed by atoms with Gasteiger partial charge < -0.3 is 0 Å². The second kappa shape index (κ2) is 7.85. The molecule has 1 saturated heterocycles. The lowest BCUT2D eigenvalue weighted by molar-refractivity contribution is -0.384. The van der Waals surface area contributed by atoms with Crippen molar-refractivity contribution in [3.05, 3.63) is 63.7 Å². The van der Waals surface area contributed by atoms with Gasteiger partial charge in [-0.25, -0.2) is 8.42 Å². The van der Waals surface area contributed by atoms with E-state index in [4.69, 9.17) is 0 Å². The molecule has 0 spiro atoms. The molecule has 8 nitrogen and oxygen atoms in total. The fraction of sp³-hybridized carbons (Fsp3) is 0.278. The Morgan fingerprint density at radius 2 is 1.81 bits per heavy atom. The molecule has 0 bridgehead atoms. The number of nitro benzene ring substituents is 1. The highest BCUT2D eigenvalue weighted by Crippen LogP contribution is 2.30. The van der Waals surface area contributed by atoms with Gasteiger partial charge in [0.15, 0.2) is 0 Å². The van der Waals surface area contributed by atoms with Crippen molar-refractivity contribution >= 4 is 27.6 Å². The largest absolute Gasteiger partial charge is 0.295 e. The van der Waals surface area contributed by atoms with Gasteiger partial charge in [-0.3, -0.25) is 15.5 Å². The van der Waals surface area contributed by atoms with E-state index in [1.807, 2.05) is 31.2 Å². The van der Waals surface area contributed by atoms with Crippen molar-refractivity contribution in [1.82, 2.24) is 4.31 Å². The Kier molecular flexibility index (Phi) is 5.52. The molecule has 0 aromatic heterocycles. The number of rotatable bonds is 6. The zero-order chi connectivity index (χ0) is 19.4. The van der Waals surface area contributed by atoms with Gasteiger partial charge in [0.25, 0.3) is 5.69 Å². The average molecular weight is 388 g/mol. The van der Waals surface area contributed by atoms with E-state index in [0.29, 0.717) is 13.1 Å². The lowest BCUT2D eigenvalue weighted by atomic mass is 10.2. The van der Waals surface area contributed by atoms with Crippen LogP contribution < -0.4 is 5.43 Å². The topological polar surface area (TPSA) is 105 Å². The highest BCUT2D eigenvalue weighted by molar-refractivity contribution is 7.89. The van der Waals surface area contributed by atoms with Crippen LogP contribution in [0.3, 0.4) is 0 Å². The maximum atomic E-state index is 12.6. The maximum Gasteiger partial charge on any atom is 0.295 e. The fourth-order valence-corrected chi connectivity index (χ4v) is 4.36. The first-order valence-electron chi connectivity index (χ1n) is 8.52. The second-order valence-corrected chi connectivity index (χ2v) is 8.27. The Morgan fingerprint density at radius 1 is 1.15 bits per heavy atom. The van der Waals surface area contributed by atoms with E-state index in [1.54, 1.807) is 0 Å². The molecule has 0 aliphatic carbocycles. The zero-order valence-electron chi connectivity index (χ0n) is 14.8. The van der Waals surface area contributed by atoms with Crippen LogP contribution in [-0.2, 0) is 10.0 Å². The van der Waals surface area contributed by atoms with Crippen LogP contribution in [-0.4, -0.2) is 37.0 Å².